The van der Waals surface area contributed by atoms with Crippen molar-refractivity contribution < 1.29 is 17.6 Å². The monoisotopic (exact) mass is 338 g/mol. The third-order valence-electron chi connectivity index (χ3n) is 2.80. The number of carbonyl (C=O) groups is 1. The summed E-state index contributed by atoms with van der Waals surface area (Å²) in [6.07, 6.45) is 2.39. The van der Waals surface area contributed by atoms with Crippen LogP contribution in [0.15, 0.2) is 32.2 Å². The van der Waals surface area contributed by atoms with E-state index in [-0.39, 0.29) is 21.0 Å². The first-order valence-corrected chi connectivity index (χ1v) is 8.73. The predicted molar refractivity (Wildman–Crippen MR) is 83.3 cm³/mol. The Labute approximate surface area is 130 Å². The Morgan fingerprint density at radius 3 is 2.73 bits per heavy atom. The summed E-state index contributed by atoms with van der Waals surface area (Å²) in [7, 11) is -3.53. The highest BCUT2D eigenvalue weighted by atomic mass is 32.3. The van der Waals surface area contributed by atoms with E-state index in [1.165, 1.54) is 6.08 Å². The van der Waals surface area contributed by atoms with Crippen molar-refractivity contribution in [3.8, 4) is 0 Å². The minimum Gasteiger partial charge on any atom is -0.462 e. The van der Waals surface area contributed by atoms with E-state index >= 15 is 0 Å². The van der Waals surface area contributed by atoms with Crippen LogP contribution in [0.4, 0.5) is 0 Å². The Kier molecular flexibility index (Phi) is 3.29. The number of thioether (sulfide) groups is 1. The number of nitrogens with zero attached hydrogens (tertiary/aromatic N) is 3. The Morgan fingerprint density at radius 2 is 2.14 bits per heavy atom. The molecule has 0 bridgehead atoms. The third kappa shape index (κ3) is 2.50. The summed E-state index contributed by atoms with van der Waals surface area (Å²) in [4.78, 5) is 15.8. The fraction of sp³-hybridized carbons (Fsp3) is 0.167. The lowest BCUT2D eigenvalue weighted by atomic mass is 10.1. The molecule has 3 rings (SSSR count). The van der Waals surface area contributed by atoms with Crippen molar-refractivity contribution in [1.82, 2.24) is 5.01 Å². The van der Waals surface area contributed by atoms with E-state index < -0.39 is 15.7 Å². The SMILES string of the molecule is Cc1ccc(/C=C2\C(=N)N3N=C(S(C)(=O)=O)SC3=NC2=O)o1. The number of sulfone groups is 1. The largest absolute Gasteiger partial charge is 0.462 e. The molecule has 1 aromatic heterocycles. The molecule has 0 saturated carbocycles. The maximum Gasteiger partial charge on any atom is 0.283 e. The molecule has 1 N–H and O–H groups in total. The first-order chi connectivity index (χ1) is 10.3. The number of nitrogens with one attached hydrogen (secondary N) is 1. The van der Waals surface area contributed by atoms with E-state index in [0.29, 0.717) is 11.5 Å². The maximum atomic E-state index is 12.0. The molecule has 1 aromatic rings. The van der Waals surface area contributed by atoms with Crippen molar-refractivity contribution in [3.63, 3.8) is 0 Å². The van der Waals surface area contributed by atoms with Crippen molar-refractivity contribution >= 4 is 49.0 Å². The van der Waals surface area contributed by atoms with Crippen LogP contribution in [0.5, 0.6) is 0 Å². The van der Waals surface area contributed by atoms with Crippen molar-refractivity contribution in [3.05, 3.63) is 29.2 Å². The molecule has 8 nitrogen and oxygen atoms in total. The molecule has 0 radical (unpaired) electrons. The summed E-state index contributed by atoms with van der Waals surface area (Å²) < 4.78 is 28.2. The molecule has 0 spiro atoms. The smallest absolute Gasteiger partial charge is 0.283 e. The number of amidine groups is 2. The van der Waals surface area contributed by atoms with Gasteiger partial charge in [0.25, 0.3) is 5.91 Å². The normalized spacial score (nSPS) is 20.3. The molecule has 0 aromatic carbocycles. The van der Waals surface area contributed by atoms with E-state index in [0.717, 1.165) is 23.0 Å². The number of furan rings is 1. The van der Waals surface area contributed by atoms with Gasteiger partial charge in [0.1, 0.15) is 11.5 Å². The second-order valence-electron chi connectivity index (χ2n) is 4.61. The molecule has 1 amide bonds. The summed E-state index contributed by atoms with van der Waals surface area (Å²) in [6.45, 7) is 1.76. The van der Waals surface area contributed by atoms with Crippen LogP contribution in [0.3, 0.4) is 0 Å². The van der Waals surface area contributed by atoms with E-state index in [2.05, 4.69) is 10.1 Å². The van der Waals surface area contributed by atoms with Crippen LogP contribution in [0.2, 0.25) is 0 Å². The quantitative estimate of drug-likeness (QED) is 0.769. The lowest BCUT2D eigenvalue weighted by Gasteiger charge is -2.19. The molecule has 0 unspecified atom stereocenters. The highest BCUT2D eigenvalue weighted by Crippen LogP contribution is 2.29. The van der Waals surface area contributed by atoms with Crippen LogP contribution in [0, 0.1) is 12.3 Å². The molecule has 2 aliphatic heterocycles. The van der Waals surface area contributed by atoms with Crippen LogP contribution >= 0.6 is 11.8 Å². The Morgan fingerprint density at radius 1 is 1.41 bits per heavy atom. The first kappa shape index (κ1) is 14.7. The standard InChI is InChI=1S/C12H10N4O4S2/c1-6-3-4-7(20-6)5-8-9(13)16-11(14-10(8)17)21-12(15-16)22(2,18)19/h3-5,13H,1-2H3/b8-5+,13-9?. The predicted octanol–water partition coefficient (Wildman–Crippen LogP) is 1.21. The van der Waals surface area contributed by atoms with Gasteiger partial charge >= 0.3 is 0 Å². The van der Waals surface area contributed by atoms with Crippen molar-refractivity contribution in [2.75, 3.05) is 6.26 Å². The highest BCUT2D eigenvalue weighted by Gasteiger charge is 2.38. The van der Waals surface area contributed by atoms with E-state index in [9.17, 15) is 13.2 Å². The number of hydrazone groups is 1. The fourth-order valence-corrected chi connectivity index (χ4v) is 3.48. The van der Waals surface area contributed by atoms with E-state index in [1.807, 2.05) is 0 Å². The Hall–Kier alpha value is -2.20. The van der Waals surface area contributed by atoms with Gasteiger partial charge in [-0.25, -0.2) is 8.42 Å². The van der Waals surface area contributed by atoms with Gasteiger partial charge < -0.3 is 4.42 Å². The summed E-state index contributed by atoms with van der Waals surface area (Å²) in [6, 6.07) is 3.38. The lowest BCUT2D eigenvalue weighted by Crippen LogP contribution is -2.35. The van der Waals surface area contributed by atoms with Crippen LogP contribution in [-0.4, -0.2) is 41.0 Å². The maximum absolute atomic E-state index is 12.0. The van der Waals surface area contributed by atoms with Gasteiger partial charge in [-0.05, 0) is 36.9 Å². The first-order valence-electron chi connectivity index (χ1n) is 6.02. The van der Waals surface area contributed by atoms with Gasteiger partial charge in [0.2, 0.25) is 19.4 Å². The number of rotatable bonds is 1. The average molecular weight is 338 g/mol. The minimum atomic E-state index is -3.53. The molecule has 22 heavy (non-hydrogen) atoms. The highest BCUT2D eigenvalue weighted by molar-refractivity contribution is 8.42. The molecule has 114 valence electrons. The van der Waals surface area contributed by atoms with Gasteiger partial charge in [0.15, 0.2) is 5.84 Å². The topological polar surface area (TPSA) is 116 Å². The zero-order chi connectivity index (χ0) is 16.1. The van der Waals surface area contributed by atoms with Gasteiger partial charge in [-0.2, -0.15) is 10.0 Å². The second kappa shape index (κ2) is 4.92. The lowest BCUT2D eigenvalue weighted by molar-refractivity contribution is -0.114. The number of hydrogen-bond acceptors (Lipinski definition) is 7. The molecule has 10 heteroatoms. The molecule has 0 saturated heterocycles. The molecule has 0 aliphatic carbocycles. The zero-order valence-corrected chi connectivity index (χ0v) is 13.2. The van der Waals surface area contributed by atoms with Gasteiger partial charge in [0.05, 0.1) is 5.57 Å². The molecule has 0 atom stereocenters. The number of fused-ring (bicyclic) bond motifs is 1. The molecule has 0 fully saturated rings. The minimum absolute atomic E-state index is 0.0165. The number of aryl methyl sites for hydroxylation is 1. The van der Waals surface area contributed by atoms with Gasteiger partial charge in [-0.1, -0.05) is 0 Å². The van der Waals surface area contributed by atoms with Crippen molar-refractivity contribution in [1.29, 1.82) is 5.41 Å². The van der Waals surface area contributed by atoms with Crippen LogP contribution < -0.4 is 0 Å². The second-order valence-corrected chi connectivity index (χ2v) is 7.75. The Bertz CT molecular complexity index is 892. The van der Waals surface area contributed by atoms with E-state index in [4.69, 9.17) is 9.83 Å². The number of amides is 1. The molecule has 2 aliphatic rings. The molecule has 3 heterocycles. The third-order valence-corrected chi connectivity index (χ3v) is 5.38. The summed E-state index contributed by atoms with van der Waals surface area (Å²) in [5, 5.41) is 13.0. The number of hydrogen-bond donors (Lipinski definition) is 1. The summed E-state index contributed by atoms with van der Waals surface area (Å²) >= 11 is 0.747. The number of carbonyl (C=O) groups excluding carboxylic acids is 1. The Balaban J connectivity index is 2.02. The average Bonchev–Trinajstić information content (AvgIpc) is 3.00. The number of aliphatic imine (C=N–C) groups is 1. The summed E-state index contributed by atoms with van der Waals surface area (Å²) in [5.41, 5.74) is -0.0165. The molecular formula is C12H10N4O4S2. The van der Waals surface area contributed by atoms with Crippen molar-refractivity contribution in [2.45, 2.75) is 6.92 Å². The van der Waals surface area contributed by atoms with Gasteiger partial charge in [-0.15, -0.1) is 5.10 Å². The fourth-order valence-electron chi connectivity index (χ4n) is 1.80. The van der Waals surface area contributed by atoms with Crippen LogP contribution in [0.25, 0.3) is 6.08 Å². The van der Waals surface area contributed by atoms with Crippen molar-refractivity contribution in [2.24, 2.45) is 10.1 Å². The van der Waals surface area contributed by atoms with Crippen LogP contribution in [-0.2, 0) is 14.6 Å². The van der Waals surface area contributed by atoms with Crippen LogP contribution in [0.1, 0.15) is 11.5 Å². The zero-order valence-electron chi connectivity index (χ0n) is 11.5. The van der Waals surface area contributed by atoms with E-state index in [1.54, 1.807) is 19.1 Å². The molecular weight excluding hydrogens is 328 g/mol. The van der Waals surface area contributed by atoms with Gasteiger partial charge in [0, 0.05) is 6.26 Å². The van der Waals surface area contributed by atoms with Gasteiger partial charge in [-0.3, -0.25) is 10.2 Å². The summed E-state index contributed by atoms with van der Waals surface area (Å²) in [5.74, 6) is 0.196.